The fraction of sp³-hybridized carbons (Fsp3) is 0.368. The Morgan fingerprint density at radius 2 is 2.00 bits per heavy atom. The Labute approximate surface area is 147 Å². The average molecular weight is 345 g/mol. The SMILES string of the molecule is O=C(c1ccccc1Cl)N1CCC(CCOc2cccnc2)CC1. The van der Waals surface area contributed by atoms with Crippen LogP contribution in [-0.4, -0.2) is 35.5 Å². The molecule has 2 aromatic rings. The predicted octanol–water partition coefficient (Wildman–Crippen LogP) is 4.06. The summed E-state index contributed by atoms with van der Waals surface area (Å²) in [6, 6.07) is 11.0. The molecule has 3 rings (SSSR count). The fourth-order valence-electron chi connectivity index (χ4n) is 3.01. The van der Waals surface area contributed by atoms with Gasteiger partial charge in [-0.05, 0) is 49.4 Å². The van der Waals surface area contributed by atoms with E-state index in [1.165, 1.54) is 0 Å². The van der Waals surface area contributed by atoms with Crippen molar-refractivity contribution < 1.29 is 9.53 Å². The van der Waals surface area contributed by atoms with Crippen molar-refractivity contribution in [3.63, 3.8) is 0 Å². The molecule has 1 saturated heterocycles. The van der Waals surface area contributed by atoms with Crippen LogP contribution in [0.3, 0.4) is 0 Å². The number of piperidine rings is 1. The van der Waals surface area contributed by atoms with Crippen molar-refractivity contribution in [3.8, 4) is 5.75 Å². The van der Waals surface area contributed by atoms with E-state index in [1.807, 2.05) is 29.2 Å². The molecular weight excluding hydrogens is 324 g/mol. The Morgan fingerprint density at radius 1 is 1.21 bits per heavy atom. The minimum atomic E-state index is 0.0330. The van der Waals surface area contributed by atoms with Crippen LogP contribution in [-0.2, 0) is 0 Å². The molecule has 1 fully saturated rings. The third-order valence-corrected chi connectivity index (χ3v) is 4.76. The summed E-state index contributed by atoms with van der Waals surface area (Å²) < 4.78 is 5.71. The van der Waals surface area contributed by atoms with Gasteiger partial charge in [-0.2, -0.15) is 0 Å². The van der Waals surface area contributed by atoms with Crippen LogP contribution in [0.2, 0.25) is 5.02 Å². The Kier molecular flexibility index (Phi) is 5.70. The summed E-state index contributed by atoms with van der Waals surface area (Å²) in [5.74, 6) is 1.44. The number of hydrogen-bond acceptors (Lipinski definition) is 3. The smallest absolute Gasteiger partial charge is 0.255 e. The summed E-state index contributed by atoms with van der Waals surface area (Å²) in [7, 11) is 0. The number of aromatic nitrogens is 1. The van der Waals surface area contributed by atoms with Crippen LogP contribution in [0.5, 0.6) is 5.75 Å². The second kappa shape index (κ2) is 8.15. The second-order valence-corrected chi connectivity index (χ2v) is 6.45. The van der Waals surface area contributed by atoms with Crippen LogP contribution in [0, 0.1) is 5.92 Å². The highest BCUT2D eigenvalue weighted by Gasteiger charge is 2.24. The van der Waals surface area contributed by atoms with Gasteiger partial charge in [0.1, 0.15) is 5.75 Å². The lowest BCUT2D eigenvalue weighted by Crippen LogP contribution is -2.38. The number of halogens is 1. The maximum absolute atomic E-state index is 12.5. The van der Waals surface area contributed by atoms with E-state index in [0.717, 1.165) is 38.1 Å². The van der Waals surface area contributed by atoms with Crippen LogP contribution in [0.15, 0.2) is 48.8 Å². The predicted molar refractivity (Wildman–Crippen MR) is 94.4 cm³/mol. The molecule has 0 unspecified atom stereocenters. The summed E-state index contributed by atoms with van der Waals surface area (Å²) >= 11 is 6.12. The van der Waals surface area contributed by atoms with Gasteiger partial charge in [0.05, 0.1) is 23.4 Å². The van der Waals surface area contributed by atoms with Gasteiger partial charge in [0, 0.05) is 19.3 Å². The monoisotopic (exact) mass is 344 g/mol. The molecule has 1 aromatic carbocycles. The Morgan fingerprint density at radius 3 is 2.71 bits per heavy atom. The van der Waals surface area contributed by atoms with Crippen molar-refractivity contribution >= 4 is 17.5 Å². The van der Waals surface area contributed by atoms with Crippen LogP contribution < -0.4 is 4.74 Å². The minimum absolute atomic E-state index is 0.0330. The fourth-order valence-corrected chi connectivity index (χ4v) is 3.22. The zero-order chi connectivity index (χ0) is 16.8. The van der Waals surface area contributed by atoms with E-state index in [-0.39, 0.29) is 5.91 Å². The van der Waals surface area contributed by atoms with Gasteiger partial charge in [-0.25, -0.2) is 0 Å². The van der Waals surface area contributed by atoms with E-state index in [0.29, 0.717) is 23.1 Å². The van der Waals surface area contributed by atoms with E-state index in [2.05, 4.69) is 4.98 Å². The lowest BCUT2D eigenvalue weighted by atomic mass is 9.93. The van der Waals surface area contributed by atoms with E-state index in [1.54, 1.807) is 24.5 Å². The van der Waals surface area contributed by atoms with Crippen molar-refractivity contribution in [2.75, 3.05) is 19.7 Å². The number of carbonyl (C=O) groups is 1. The maximum atomic E-state index is 12.5. The third kappa shape index (κ3) is 4.26. The molecule has 0 aliphatic carbocycles. The number of benzene rings is 1. The minimum Gasteiger partial charge on any atom is -0.492 e. The van der Waals surface area contributed by atoms with Crippen molar-refractivity contribution in [1.82, 2.24) is 9.88 Å². The largest absolute Gasteiger partial charge is 0.492 e. The van der Waals surface area contributed by atoms with Gasteiger partial charge in [0.2, 0.25) is 0 Å². The normalized spacial score (nSPS) is 15.3. The van der Waals surface area contributed by atoms with Gasteiger partial charge in [-0.15, -0.1) is 0 Å². The highest BCUT2D eigenvalue weighted by atomic mass is 35.5. The van der Waals surface area contributed by atoms with Crippen molar-refractivity contribution in [2.45, 2.75) is 19.3 Å². The molecule has 0 bridgehead atoms. The van der Waals surface area contributed by atoms with Gasteiger partial charge in [-0.3, -0.25) is 9.78 Å². The number of nitrogens with zero attached hydrogens (tertiary/aromatic N) is 2. The molecule has 2 heterocycles. The lowest BCUT2D eigenvalue weighted by Gasteiger charge is -2.32. The summed E-state index contributed by atoms with van der Waals surface area (Å²) in [6.45, 7) is 2.25. The number of ether oxygens (including phenoxy) is 1. The van der Waals surface area contributed by atoms with E-state index < -0.39 is 0 Å². The van der Waals surface area contributed by atoms with Gasteiger partial charge in [0.15, 0.2) is 0 Å². The Bertz CT molecular complexity index is 670. The van der Waals surface area contributed by atoms with Gasteiger partial charge >= 0.3 is 0 Å². The first-order valence-electron chi connectivity index (χ1n) is 8.30. The van der Waals surface area contributed by atoms with Gasteiger partial charge < -0.3 is 9.64 Å². The summed E-state index contributed by atoms with van der Waals surface area (Å²) in [5, 5.41) is 0.523. The first-order chi connectivity index (χ1) is 11.7. The molecule has 1 amide bonds. The highest BCUT2D eigenvalue weighted by molar-refractivity contribution is 6.33. The Hall–Kier alpha value is -2.07. The van der Waals surface area contributed by atoms with Crippen LogP contribution in [0.1, 0.15) is 29.6 Å². The summed E-state index contributed by atoms with van der Waals surface area (Å²) in [4.78, 5) is 18.5. The van der Waals surface area contributed by atoms with Crippen molar-refractivity contribution in [1.29, 1.82) is 0 Å². The van der Waals surface area contributed by atoms with Crippen LogP contribution in [0.25, 0.3) is 0 Å². The van der Waals surface area contributed by atoms with Crippen LogP contribution in [0.4, 0.5) is 0 Å². The molecule has 4 nitrogen and oxygen atoms in total. The molecule has 1 aliphatic rings. The number of hydrogen-bond donors (Lipinski definition) is 0. The molecular formula is C19H21ClN2O2. The Balaban J connectivity index is 1.44. The number of rotatable bonds is 5. The van der Waals surface area contributed by atoms with Crippen molar-refractivity contribution in [3.05, 3.63) is 59.4 Å². The first kappa shape index (κ1) is 16.8. The molecule has 0 N–H and O–H groups in total. The average Bonchev–Trinajstić information content (AvgIpc) is 2.63. The molecule has 5 heteroatoms. The van der Waals surface area contributed by atoms with Crippen LogP contribution >= 0.6 is 11.6 Å². The summed E-state index contributed by atoms with van der Waals surface area (Å²) in [5.41, 5.74) is 0.595. The van der Waals surface area contributed by atoms with E-state index >= 15 is 0 Å². The topological polar surface area (TPSA) is 42.4 Å². The molecule has 1 aromatic heterocycles. The van der Waals surface area contributed by atoms with Gasteiger partial charge in [-0.1, -0.05) is 23.7 Å². The molecule has 0 spiro atoms. The summed E-state index contributed by atoms with van der Waals surface area (Å²) in [6.07, 6.45) is 6.48. The maximum Gasteiger partial charge on any atom is 0.255 e. The molecule has 0 saturated carbocycles. The lowest BCUT2D eigenvalue weighted by molar-refractivity contribution is 0.0680. The number of pyridine rings is 1. The van der Waals surface area contributed by atoms with E-state index in [9.17, 15) is 4.79 Å². The van der Waals surface area contributed by atoms with E-state index in [4.69, 9.17) is 16.3 Å². The first-order valence-corrected chi connectivity index (χ1v) is 8.68. The molecule has 24 heavy (non-hydrogen) atoms. The second-order valence-electron chi connectivity index (χ2n) is 6.04. The van der Waals surface area contributed by atoms with Crippen molar-refractivity contribution in [2.24, 2.45) is 5.92 Å². The number of carbonyl (C=O) groups excluding carboxylic acids is 1. The van der Waals surface area contributed by atoms with Gasteiger partial charge in [0.25, 0.3) is 5.91 Å². The molecule has 126 valence electrons. The highest BCUT2D eigenvalue weighted by Crippen LogP contribution is 2.24. The quantitative estimate of drug-likeness (QED) is 0.821. The third-order valence-electron chi connectivity index (χ3n) is 4.44. The molecule has 0 atom stereocenters. The molecule has 1 aliphatic heterocycles. The number of amides is 1. The number of likely N-dealkylation sites (tertiary alicyclic amines) is 1. The zero-order valence-corrected chi connectivity index (χ0v) is 14.3. The standard InChI is InChI=1S/C19H21ClN2O2/c20-18-6-2-1-5-17(18)19(23)22-11-7-15(8-12-22)9-13-24-16-4-3-10-21-14-16/h1-6,10,14-15H,7-9,11-13H2. The molecule has 0 radical (unpaired) electrons. The zero-order valence-electron chi connectivity index (χ0n) is 13.5.